The van der Waals surface area contributed by atoms with Gasteiger partial charge in [-0.15, -0.1) is 0 Å². The highest BCUT2D eigenvalue weighted by molar-refractivity contribution is 7.86. The molecule has 0 N–H and O–H groups in total. The number of rotatable bonds is 7. The lowest BCUT2D eigenvalue weighted by Gasteiger charge is -2.42. The minimum Gasteiger partial charge on any atom is -0.375 e. The summed E-state index contributed by atoms with van der Waals surface area (Å²) >= 11 is 0. The first-order chi connectivity index (χ1) is 12.0. The Hall–Kier alpha value is -1.73. The number of aryl methyl sites for hydroxylation is 1. The van der Waals surface area contributed by atoms with Gasteiger partial charge >= 0.3 is 0 Å². The highest BCUT2D eigenvalue weighted by atomic mass is 32.2. The van der Waals surface area contributed by atoms with E-state index in [0.717, 1.165) is 11.1 Å². The second kappa shape index (κ2) is 7.25. The zero-order valence-corrected chi connectivity index (χ0v) is 15.2. The van der Waals surface area contributed by atoms with Crippen LogP contribution in [0.15, 0.2) is 53.4 Å². The van der Waals surface area contributed by atoms with E-state index in [-0.39, 0.29) is 11.5 Å². The zero-order valence-electron chi connectivity index (χ0n) is 14.4. The number of ether oxygens (including phenoxy) is 2. The Morgan fingerprint density at radius 1 is 1.12 bits per heavy atom. The van der Waals surface area contributed by atoms with E-state index in [9.17, 15) is 8.42 Å². The summed E-state index contributed by atoms with van der Waals surface area (Å²) in [5.74, 6) is 0. The Balaban J connectivity index is 1.96. The first-order valence-electron chi connectivity index (χ1n) is 8.23. The van der Waals surface area contributed by atoms with Crippen LogP contribution in [0, 0.1) is 6.92 Å². The van der Waals surface area contributed by atoms with E-state index in [2.05, 4.69) is 0 Å². The molecule has 25 heavy (non-hydrogen) atoms. The van der Waals surface area contributed by atoms with Crippen LogP contribution < -0.4 is 0 Å². The Labute approximate surface area is 148 Å². The van der Waals surface area contributed by atoms with Gasteiger partial charge in [-0.2, -0.15) is 8.42 Å². The minimum absolute atomic E-state index is 0.0873. The molecule has 2 aromatic rings. The molecule has 6 heteroatoms. The second-order valence-electron chi connectivity index (χ2n) is 6.12. The number of hydrogen-bond donors (Lipinski definition) is 0. The fourth-order valence-electron chi connectivity index (χ4n) is 2.84. The molecule has 2 aromatic carbocycles. The first-order valence-corrected chi connectivity index (χ1v) is 9.64. The molecule has 1 aliphatic rings. The van der Waals surface area contributed by atoms with Crippen molar-refractivity contribution in [1.29, 1.82) is 0 Å². The molecule has 1 heterocycles. The molecule has 1 saturated heterocycles. The van der Waals surface area contributed by atoms with Crippen LogP contribution in [-0.2, 0) is 36.0 Å². The Kier molecular flexibility index (Phi) is 5.24. The maximum Gasteiger partial charge on any atom is 0.297 e. The van der Waals surface area contributed by atoms with Crippen LogP contribution in [0.4, 0.5) is 0 Å². The van der Waals surface area contributed by atoms with Crippen LogP contribution in [-0.4, -0.2) is 28.2 Å². The Morgan fingerprint density at radius 2 is 1.84 bits per heavy atom. The summed E-state index contributed by atoms with van der Waals surface area (Å²) in [6, 6.07) is 15.0. The number of hydrogen-bond acceptors (Lipinski definition) is 5. The number of benzene rings is 2. The van der Waals surface area contributed by atoms with Gasteiger partial charge in [0.15, 0.2) is 0 Å². The van der Waals surface area contributed by atoms with Crippen molar-refractivity contribution in [3.63, 3.8) is 0 Å². The SMILES string of the molecule is CCOS(=O)(=O)c1ccc(C)cc1C1(OCc2ccccc2)COC1. The summed E-state index contributed by atoms with van der Waals surface area (Å²) < 4.78 is 41.6. The zero-order chi connectivity index (χ0) is 17.9. The molecule has 0 aromatic heterocycles. The molecule has 0 spiro atoms. The van der Waals surface area contributed by atoms with Gasteiger partial charge in [-0.3, -0.25) is 4.18 Å². The van der Waals surface area contributed by atoms with Crippen LogP contribution in [0.1, 0.15) is 23.6 Å². The van der Waals surface area contributed by atoms with E-state index in [1.807, 2.05) is 43.3 Å². The third kappa shape index (κ3) is 3.77. The molecular weight excluding hydrogens is 340 g/mol. The lowest BCUT2D eigenvalue weighted by Crippen LogP contribution is -2.49. The van der Waals surface area contributed by atoms with E-state index >= 15 is 0 Å². The van der Waals surface area contributed by atoms with E-state index in [1.54, 1.807) is 19.1 Å². The molecule has 1 aliphatic heterocycles. The first kappa shape index (κ1) is 18.1. The summed E-state index contributed by atoms with van der Waals surface area (Å²) in [5.41, 5.74) is 1.81. The van der Waals surface area contributed by atoms with Crippen molar-refractivity contribution in [1.82, 2.24) is 0 Å². The molecule has 0 amide bonds. The quantitative estimate of drug-likeness (QED) is 0.708. The van der Waals surface area contributed by atoms with E-state index < -0.39 is 15.7 Å². The lowest BCUT2D eigenvalue weighted by molar-refractivity contribution is -0.224. The third-order valence-corrected chi connectivity index (χ3v) is 5.64. The van der Waals surface area contributed by atoms with Crippen LogP contribution in [0.2, 0.25) is 0 Å². The molecule has 0 aliphatic carbocycles. The Morgan fingerprint density at radius 3 is 2.44 bits per heavy atom. The highest BCUT2D eigenvalue weighted by Gasteiger charge is 2.45. The predicted molar refractivity (Wildman–Crippen MR) is 93.7 cm³/mol. The molecule has 0 unspecified atom stereocenters. The van der Waals surface area contributed by atoms with Gasteiger partial charge < -0.3 is 9.47 Å². The van der Waals surface area contributed by atoms with E-state index in [4.69, 9.17) is 13.7 Å². The monoisotopic (exact) mass is 362 g/mol. The fourth-order valence-corrected chi connectivity index (χ4v) is 4.02. The van der Waals surface area contributed by atoms with Crippen molar-refractivity contribution in [3.8, 4) is 0 Å². The Bertz CT molecular complexity index is 826. The summed E-state index contributed by atoms with van der Waals surface area (Å²) in [4.78, 5) is 0.149. The van der Waals surface area contributed by atoms with Gasteiger partial charge in [-0.05, 0) is 25.5 Å². The lowest BCUT2D eigenvalue weighted by atomic mass is 9.90. The average Bonchev–Trinajstić information content (AvgIpc) is 2.54. The fraction of sp³-hybridized carbons (Fsp3) is 0.368. The van der Waals surface area contributed by atoms with Crippen molar-refractivity contribution in [2.75, 3.05) is 19.8 Å². The minimum atomic E-state index is -3.84. The molecule has 134 valence electrons. The van der Waals surface area contributed by atoms with E-state index in [0.29, 0.717) is 25.4 Å². The van der Waals surface area contributed by atoms with Gasteiger partial charge in [-0.1, -0.05) is 48.0 Å². The van der Waals surface area contributed by atoms with Crippen molar-refractivity contribution >= 4 is 10.1 Å². The van der Waals surface area contributed by atoms with Crippen molar-refractivity contribution < 1.29 is 22.1 Å². The maximum atomic E-state index is 12.5. The van der Waals surface area contributed by atoms with Gasteiger partial charge in [0.25, 0.3) is 10.1 Å². The van der Waals surface area contributed by atoms with Crippen molar-refractivity contribution in [2.24, 2.45) is 0 Å². The molecular formula is C19H22O5S. The second-order valence-corrected chi connectivity index (χ2v) is 7.71. The summed E-state index contributed by atoms with van der Waals surface area (Å²) in [5, 5.41) is 0. The average molecular weight is 362 g/mol. The van der Waals surface area contributed by atoms with Gasteiger partial charge in [0, 0.05) is 5.56 Å². The van der Waals surface area contributed by atoms with Crippen LogP contribution in [0.25, 0.3) is 0 Å². The van der Waals surface area contributed by atoms with Crippen LogP contribution in [0.3, 0.4) is 0 Å². The van der Waals surface area contributed by atoms with Crippen molar-refractivity contribution in [3.05, 3.63) is 65.2 Å². The van der Waals surface area contributed by atoms with Crippen LogP contribution in [0.5, 0.6) is 0 Å². The summed E-state index contributed by atoms with van der Waals surface area (Å²) in [7, 11) is -3.84. The molecule has 3 rings (SSSR count). The molecule has 0 radical (unpaired) electrons. The van der Waals surface area contributed by atoms with Gasteiger partial charge in [0.05, 0.1) is 26.4 Å². The molecule has 0 saturated carbocycles. The summed E-state index contributed by atoms with van der Waals surface area (Å²) in [6.07, 6.45) is 0. The topological polar surface area (TPSA) is 61.8 Å². The molecule has 0 bridgehead atoms. The maximum absolute atomic E-state index is 12.5. The molecule has 5 nitrogen and oxygen atoms in total. The standard InChI is InChI=1S/C19H22O5S/c1-3-24-25(20,21)18-10-9-15(2)11-17(18)19(13-22-14-19)23-12-16-7-5-4-6-8-16/h4-11H,3,12-14H2,1-2H3. The van der Waals surface area contributed by atoms with Gasteiger partial charge in [0.2, 0.25) is 0 Å². The normalized spacial score (nSPS) is 16.4. The van der Waals surface area contributed by atoms with Crippen molar-refractivity contribution in [2.45, 2.75) is 31.0 Å². The smallest absolute Gasteiger partial charge is 0.297 e. The summed E-state index contributed by atoms with van der Waals surface area (Å²) in [6.45, 7) is 4.68. The molecule has 1 fully saturated rings. The van der Waals surface area contributed by atoms with Gasteiger partial charge in [-0.25, -0.2) is 0 Å². The highest BCUT2D eigenvalue weighted by Crippen LogP contribution is 2.39. The molecule has 0 atom stereocenters. The largest absolute Gasteiger partial charge is 0.375 e. The van der Waals surface area contributed by atoms with E-state index in [1.165, 1.54) is 0 Å². The predicted octanol–water partition coefficient (Wildman–Crippen LogP) is 3.16. The van der Waals surface area contributed by atoms with Crippen LogP contribution >= 0.6 is 0 Å². The van der Waals surface area contributed by atoms with Gasteiger partial charge in [0.1, 0.15) is 10.5 Å². The third-order valence-electron chi connectivity index (χ3n) is 4.20.